The Balaban J connectivity index is 2.08. The molecule has 4 nitrogen and oxygen atoms in total. The van der Waals surface area contributed by atoms with Crippen LogP contribution in [0.4, 0.5) is 8.78 Å². The van der Waals surface area contributed by atoms with Gasteiger partial charge in [-0.25, -0.2) is 0 Å². The third-order valence-corrected chi connectivity index (χ3v) is 6.66. The first-order valence-electron chi connectivity index (χ1n) is 9.10. The Bertz CT molecular complexity index is 956. The van der Waals surface area contributed by atoms with Crippen molar-refractivity contribution >= 4 is 33.2 Å². The van der Waals surface area contributed by atoms with Gasteiger partial charge in [-0.2, -0.15) is 13.8 Å². The Morgan fingerprint density at radius 1 is 1.39 bits per heavy atom. The zero-order chi connectivity index (χ0) is 20.6. The number of hydrogen-bond acceptors (Lipinski definition) is 3. The van der Waals surface area contributed by atoms with Gasteiger partial charge in [0.05, 0.1) is 5.56 Å². The van der Waals surface area contributed by atoms with Crippen LogP contribution in [0.1, 0.15) is 54.5 Å². The number of benzene rings is 1. The van der Waals surface area contributed by atoms with Gasteiger partial charge < -0.3 is 9.30 Å². The number of ether oxygens (including phenoxy) is 1. The van der Waals surface area contributed by atoms with Gasteiger partial charge in [0.2, 0.25) is 0 Å². The lowest BCUT2D eigenvalue weighted by molar-refractivity contribution is -0.0501. The molecule has 1 aromatic carbocycles. The van der Waals surface area contributed by atoms with Gasteiger partial charge in [-0.05, 0) is 49.3 Å². The van der Waals surface area contributed by atoms with E-state index in [2.05, 4.69) is 51.0 Å². The Hall–Kier alpha value is -1.54. The maximum absolute atomic E-state index is 12.9. The van der Waals surface area contributed by atoms with Crippen molar-refractivity contribution in [2.24, 2.45) is 10.9 Å². The van der Waals surface area contributed by atoms with E-state index in [4.69, 9.17) is 0 Å². The highest BCUT2D eigenvalue weighted by Gasteiger charge is 2.27. The molecule has 28 heavy (non-hydrogen) atoms. The van der Waals surface area contributed by atoms with E-state index in [0.29, 0.717) is 15.2 Å². The van der Waals surface area contributed by atoms with Crippen LogP contribution in [0.15, 0.2) is 27.7 Å². The SMILES string of the molecule is Cc1c(C(C)(C)C)sc(=NC(=O)c2cc(Br)ccc2OC(F)F)n1CC1CC1. The van der Waals surface area contributed by atoms with E-state index in [1.807, 2.05) is 6.92 Å². The molecule has 1 fully saturated rings. The smallest absolute Gasteiger partial charge is 0.387 e. The summed E-state index contributed by atoms with van der Waals surface area (Å²) in [6.45, 7) is 6.24. The molecule has 1 aliphatic rings. The molecule has 0 aliphatic heterocycles. The number of carbonyl (C=O) groups excluding carboxylic acids is 1. The molecule has 1 amide bonds. The summed E-state index contributed by atoms with van der Waals surface area (Å²) in [6, 6.07) is 4.35. The molecule has 2 aromatic rings. The second-order valence-electron chi connectivity index (χ2n) is 8.04. The second-order valence-corrected chi connectivity index (χ2v) is 9.93. The molecule has 0 atom stereocenters. The molecule has 0 spiro atoms. The molecule has 0 bridgehead atoms. The van der Waals surface area contributed by atoms with E-state index in [9.17, 15) is 13.6 Å². The summed E-state index contributed by atoms with van der Waals surface area (Å²) < 4.78 is 32.6. The van der Waals surface area contributed by atoms with Crippen molar-refractivity contribution in [3.8, 4) is 5.75 Å². The molecule has 1 aliphatic carbocycles. The van der Waals surface area contributed by atoms with Crippen LogP contribution in [0, 0.1) is 12.8 Å². The first-order valence-corrected chi connectivity index (χ1v) is 10.7. The number of rotatable bonds is 5. The topological polar surface area (TPSA) is 43.6 Å². The quantitative estimate of drug-likeness (QED) is 0.562. The summed E-state index contributed by atoms with van der Waals surface area (Å²) in [5.41, 5.74) is 1.04. The predicted octanol–water partition coefficient (Wildman–Crippen LogP) is 5.67. The fourth-order valence-corrected chi connectivity index (χ4v) is 4.61. The molecule has 3 rings (SSSR count). The fourth-order valence-electron chi connectivity index (χ4n) is 3.05. The lowest BCUT2D eigenvalue weighted by atomic mass is 9.93. The van der Waals surface area contributed by atoms with Crippen molar-refractivity contribution < 1.29 is 18.3 Å². The minimum absolute atomic E-state index is 0.0102. The van der Waals surface area contributed by atoms with Gasteiger partial charge in [0.25, 0.3) is 5.91 Å². The third-order valence-electron chi connectivity index (χ3n) is 4.56. The average molecular weight is 473 g/mol. The largest absolute Gasteiger partial charge is 0.434 e. The minimum atomic E-state index is -3.01. The molecule has 1 saturated carbocycles. The number of nitrogens with zero attached hydrogens (tertiary/aromatic N) is 2. The third kappa shape index (κ3) is 4.89. The zero-order valence-corrected chi connectivity index (χ0v) is 18.7. The van der Waals surface area contributed by atoms with Gasteiger partial charge in [0.1, 0.15) is 5.75 Å². The summed E-state index contributed by atoms with van der Waals surface area (Å²) in [5, 5.41) is 0. The normalized spacial score (nSPS) is 15.4. The lowest BCUT2D eigenvalue weighted by Crippen LogP contribution is -2.20. The van der Waals surface area contributed by atoms with Crippen molar-refractivity contribution in [3.05, 3.63) is 43.6 Å². The Morgan fingerprint density at radius 2 is 2.07 bits per heavy atom. The van der Waals surface area contributed by atoms with Crippen LogP contribution in [0.5, 0.6) is 5.75 Å². The lowest BCUT2D eigenvalue weighted by Gasteiger charge is -2.17. The first kappa shape index (κ1) is 21.2. The molecule has 0 N–H and O–H groups in total. The van der Waals surface area contributed by atoms with Crippen molar-refractivity contribution in [2.45, 2.75) is 59.1 Å². The maximum atomic E-state index is 12.9. The molecule has 1 aromatic heterocycles. The molecule has 0 radical (unpaired) electrons. The maximum Gasteiger partial charge on any atom is 0.387 e. The second kappa shape index (κ2) is 8.06. The number of halogens is 3. The van der Waals surface area contributed by atoms with Crippen LogP contribution in [0.25, 0.3) is 0 Å². The Kier molecular flexibility index (Phi) is 6.10. The molecule has 1 heterocycles. The molecule has 8 heteroatoms. The number of aromatic nitrogens is 1. The van der Waals surface area contributed by atoms with Gasteiger partial charge in [-0.1, -0.05) is 36.7 Å². The van der Waals surface area contributed by atoms with E-state index in [-0.39, 0.29) is 16.7 Å². The predicted molar refractivity (Wildman–Crippen MR) is 109 cm³/mol. The average Bonchev–Trinajstić information content (AvgIpc) is 3.34. The fraction of sp³-hybridized carbons (Fsp3) is 0.500. The van der Waals surface area contributed by atoms with Crippen LogP contribution in [0.2, 0.25) is 0 Å². The minimum Gasteiger partial charge on any atom is -0.434 e. The van der Waals surface area contributed by atoms with E-state index >= 15 is 0 Å². The van der Waals surface area contributed by atoms with Gasteiger partial charge in [0.15, 0.2) is 4.80 Å². The molecular weight excluding hydrogens is 450 g/mol. The number of amides is 1. The van der Waals surface area contributed by atoms with Gasteiger partial charge >= 0.3 is 6.61 Å². The van der Waals surface area contributed by atoms with Crippen molar-refractivity contribution in [1.82, 2.24) is 4.57 Å². The number of hydrogen-bond donors (Lipinski definition) is 0. The first-order chi connectivity index (χ1) is 13.1. The van der Waals surface area contributed by atoms with E-state index < -0.39 is 12.5 Å². The number of thiazole rings is 1. The molecule has 152 valence electrons. The van der Waals surface area contributed by atoms with Gasteiger partial charge in [0, 0.05) is 21.6 Å². The molecular formula is C20H23BrF2N2O2S. The van der Waals surface area contributed by atoms with E-state index in [1.165, 1.54) is 36.3 Å². The number of carbonyl (C=O) groups is 1. The van der Waals surface area contributed by atoms with E-state index in [0.717, 1.165) is 17.1 Å². The van der Waals surface area contributed by atoms with E-state index in [1.54, 1.807) is 6.07 Å². The van der Waals surface area contributed by atoms with Crippen molar-refractivity contribution in [3.63, 3.8) is 0 Å². The van der Waals surface area contributed by atoms with Crippen LogP contribution in [-0.2, 0) is 12.0 Å². The summed E-state index contributed by atoms with van der Waals surface area (Å²) in [4.78, 5) is 18.9. The van der Waals surface area contributed by atoms with Crippen molar-refractivity contribution in [2.75, 3.05) is 0 Å². The summed E-state index contributed by atoms with van der Waals surface area (Å²) in [5.74, 6) is -0.160. The Labute approximate surface area is 175 Å². The highest BCUT2D eigenvalue weighted by molar-refractivity contribution is 9.10. The van der Waals surface area contributed by atoms with Crippen LogP contribution in [0.3, 0.4) is 0 Å². The summed E-state index contributed by atoms with van der Waals surface area (Å²) in [7, 11) is 0. The van der Waals surface area contributed by atoms with Gasteiger partial charge in [-0.15, -0.1) is 11.3 Å². The van der Waals surface area contributed by atoms with Crippen LogP contribution >= 0.6 is 27.3 Å². The zero-order valence-electron chi connectivity index (χ0n) is 16.3. The summed E-state index contributed by atoms with van der Waals surface area (Å²) >= 11 is 4.76. The van der Waals surface area contributed by atoms with Gasteiger partial charge in [-0.3, -0.25) is 4.79 Å². The van der Waals surface area contributed by atoms with Crippen LogP contribution in [-0.4, -0.2) is 17.1 Å². The molecule has 0 unspecified atom stereocenters. The summed E-state index contributed by atoms with van der Waals surface area (Å²) in [6.07, 6.45) is 2.36. The number of alkyl halides is 2. The highest BCUT2D eigenvalue weighted by Crippen LogP contribution is 2.34. The molecule has 0 saturated heterocycles. The van der Waals surface area contributed by atoms with Crippen molar-refractivity contribution in [1.29, 1.82) is 0 Å². The monoisotopic (exact) mass is 472 g/mol. The Morgan fingerprint density at radius 3 is 2.64 bits per heavy atom. The standard InChI is InChI=1S/C20H23BrF2N2O2S/c1-11-16(20(2,3)4)28-19(25(11)10-12-5-6-12)24-17(26)14-9-13(21)7-8-15(14)27-18(22)23/h7-9,12,18H,5-6,10H2,1-4H3. The highest BCUT2D eigenvalue weighted by atomic mass is 79.9. The van der Waals surface area contributed by atoms with Crippen LogP contribution < -0.4 is 9.54 Å².